The SMILES string of the molecule is COc1ccc2c(c1)C(N)C(N(C)C(C)C)C2. The summed E-state index contributed by atoms with van der Waals surface area (Å²) in [5.41, 5.74) is 8.95. The molecule has 0 aromatic heterocycles. The van der Waals surface area contributed by atoms with Gasteiger partial charge >= 0.3 is 0 Å². The second-order valence-corrected chi connectivity index (χ2v) is 5.12. The van der Waals surface area contributed by atoms with Crippen LogP contribution in [0.25, 0.3) is 0 Å². The van der Waals surface area contributed by atoms with Crippen LogP contribution >= 0.6 is 0 Å². The third-order valence-electron chi connectivity index (χ3n) is 3.89. The zero-order chi connectivity index (χ0) is 12.6. The third-order valence-corrected chi connectivity index (χ3v) is 3.89. The molecule has 2 atom stereocenters. The van der Waals surface area contributed by atoms with Crippen molar-refractivity contribution in [1.82, 2.24) is 4.90 Å². The average molecular weight is 234 g/mol. The van der Waals surface area contributed by atoms with Gasteiger partial charge < -0.3 is 10.5 Å². The second kappa shape index (κ2) is 4.67. The molecule has 3 nitrogen and oxygen atoms in total. The molecule has 0 radical (unpaired) electrons. The van der Waals surface area contributed by atoms with E-state index in [1.165, 1.54) is 11.1 Å². The van der Waals surface area contributed by atoms with Crippen molar-refractivity contribution in [3.8, 4) is 5.75 Å². The molecule has 0 amide bonds. The van der Waals surface area contributed by atoms with Gasteiger partial charge in [-0.15, -0.1) is 0 Å². The van der Waals surface area contributed by atoms with Gasteiger partial charge in [0, 0.05) is 18.1 Å². The van der Waals surface area contributed by atoms with Crippen LogP contribution in [0.15, 0.2) is 18.2 Å². The average Bonchev–Trinajstić information content (AvgIpc) is 2.65. The molecule has 94 valence electrons. The first-order valence-corrected chi connectivity index (χ1v) is 6.19. The molecule has 0 aliphatic heterocycles. The fourth-order valence-electron chi connectivity index (χ4n) is 2.54. The van der Waals surface area contributed by atoms with Crippen molar-refractivity contribution < 1.29 is 4.74 Å². The Kier molecular flexibility index (Phi) is 3.40. The minimum atomic E-state index is 0.0903. The normalized spacial score (nSPS) is 23.2. The Hall–Kier alpha value is -1.06. The summed E-state index contributed by atoms with van der Waals surface area (Å²) in [6, 6.07) is 7.24. The second-order valence-electron chi connectivity index (χ2n) is 5.12. The van der Waals surface area contributed by atoms with Gasteiger partial charge in [0.05, 0.1) is 7.11 Å². The number of benzene rings is 1. The Balaban J connectivity index is 2.26. The quantitative estimate of drug-likeness (QED) is 0.869. The van der Waals surface area contributed by atoms with Gasteiger partial charge in [0.25, 0.3) is 0 Å². The molecule has 3 heteroatoms. The Labute approximate surface area is 104 Å². The smallest absolute Gasteiger partial charge is 0.119 e. The van der Waals surface area contributed by atoms with Crippen LogP contribution in [-0.2, 0) is 6.42 Å². The van der Waals surface area contributed by atoms with E-state index < -0.39 is 0 Å². The number of nitrogens with two attached hydrogens (primary N) is 1. The Morgan fingerprint density at radius 2 is 2.12 bits per heavy atom. The molecular weight excluding hydrogens is 212 g/mol. The topological polar surface area (TPSA) is 38.5 Å². The Morgan fingerprint density at radius 3 is 2.71 bits per heavy atom. The lowest BCUT2D eigenvalue weighted by Gasteiger charge is -2.31. The number of hydrogen-bond donors (Lipinski definition) is 1. The summed E-state index contributed by atoms with van der Waals surface area (Å²) < 4.78 is 5.26. The highest BCUT2D eigenvalue weighted by Crippen LogP contribution is 2.35. The largest absolute Gasteiger partial charge is 0.497 e. The molecule has 0 saturated carbocycles. The predicted molar refractivity (Wildman–Crippen MR) is 70.3 cm³/mol. The molecule has 0 saturated heterocycles. The molecule has 1 aliphatic rings. The molecule has 17 heavy (non-hydrogen) atoms. The van der Waals surface area contributed by atoms with Gasteiger partial charge in [0.2, 0.25) is 0 Å². The summed E-state index contributed by atoms with van der Waals surface area (Å²) in [5.74, 6) is 0.895. The van der Waals surface area contributed by atoms with Gasteiger partial charge in [0.1, 0.15) is 5.75 Å². The lowest BCUT2D eigenvalue weighted by atomic mass is 10.1. The van der Waals surface area contributed by atoms with E-state index in [1.54, 1.807) is 7.11 Å². The van der Waals surface area contributed by atoms with Gasteiger partial charge in [-0.25, -0.2) is 0 Å². The van der Waals surface area contributed by atoms with E-state index in [2.05, 4.69) is 37.9 Å². The minimum absolute atomic E-state index is 0.0903. The number of nitrogens with zero attached hydrogens (tertiary/aromatic N) is 1. The number of rotatable bonds is 3. The summed E-state index contributed by atoms with van der Waals surface area (Å²) in [4.78, 5) is 2.36. The van der Waals surface area contributed by atoms with Crippen molar-refractivity contribution in [1.29, 1.82) is 0 Å². The highest BCUT2D eigenvalue weighted by molar-refractivity contribution is 5.42. The van der Waals surface area contributed by atoms with Crippen LogP contribution < -0.4 is 10.5 Å². The van der Waals surface area contributed by atoms with E-state index in [0.29, 0.717) is 12.1 Å². The van der Waals surface area contributed by atoms with E-state index in [-0.39, 0.29) is 6.04 Å². The van der Waals surface area contributed by atoms with Gasteiger partial charge in [-0.3, -0.25) is 4.90 Å². The summed E-state index contributed by atoms with van der Waals surface area (Å²) >= 11 is 0. The maximum absolute atomic E-state index is 6.36. The highest BCUT2D eigenvalue weighted by atomic mass is 16.5. The predicted octanol–water partition coefficient (Wildman–Crippen LogP) is 1.96. The number of fused-ring (bicyclic) bond motifs is 1. The molecule has 2 unspecified atom stereocenters. The standard InChI is InChI=1S/C14H22N2O/c1-9(2)16(3)13-7-10-5-6-11(17-4)8-12(10)14(13)15/h5-6,8-9,13-14H,7,15H2,1-4H3. The molecule has 0 fully saturated rings. The first-order valence-electron chi connectivity index (χ1n) is 6.19. The summed E-state index contributed by atoms with van der Waals surface area (Å²) in [6.07, 6.45) is 1.04. The van der Waals surface area contributed by atoms with Crippen molar-refractivity contribution >= 4 is 0 Å². The van der Waals surface area contributed by atoms with Crippen LogP contribution in [0.2, 0.25) is 0 Å². The maximum atomic E-state index is 6.36. The number of methoxy groups -OCH3 is 1. The van der Waals surface area contributed by atoms with Gasteiger partial charge in [0.15, 0.2) is 0 Å². The fraction of sp³-hybridized carbons (Fsp3) is 0.571. The molecule has 0 spiro atoms. The fourth-order valence-corrected chi connectivity index (χ4v) is 2.54. The van der Waals surface area contributed by atoms with Crippen molar-refractivity contribution in [3.63, 3.8) is 0 Å². The molecular formula is C14H22N2O. The maximum Gasteiger partial charge on any atom is 0.119 e. The lowest BCUT2D eigenvalue weighted by molar-refractivity contribution is 0.179. The molecule has 1 aromatic carbocycles. The van der Waals surface area contributed by atoms with E-state index in [0.717, 1.165) is 12.2 Å². The first-order chi connectivity index (χ1) is 8.04. The van der Waals surface area contributed by atoms with Crippen LogP contribution in [0.5, 0.6) is 5.75 Å². The lowest BCUT2D eigenvalue weighted by Crippen LogP contribution is -2.42. The van der Waals surface area contributed by atoms with Gasteiger partial charge in [-0.05, 0) is 50.6 Å². The van der Waals surface area contributed by atoms with Crippen LogP contribution in [0.3, 0.4) is 0 Å². The van der Waals surface area contributed by atoms with Gasteiger partial charge in [-0.1, -0.05) is 6.07 Å². The molecule has 2 rings (SSSR count). The first kappa shape index (κ1) is 12.4. The molecule has 0 heterocycles. The summed E-state index contributed by atoms with van der Waals surface area (Å²) in [6.45, 7) is 4.41. The van der Waals surface area contributed by atoms with Crippen molar-refractivity contribution in [2.24, 2.45) is 5.73 Å². The third kappa shape index (κ3) is 2.17. The number of likely N-dealkylation sites (N-methyl/N-ethyl adjacent to an activating group) is 1. The zero-order valence-electron chi connectivity index (χ0n) is 11.1. The Morgan fingerprint density at radius 1 is 1.41 bits per heavy atom. The van der Waals surface area contributed by atoms with Crippen LogP contribution in [0, 0.1) is 0 Å². The summed E-state index contributed by atoms with van der Waals surface area (Å²) in [5, 5.41) is 0. The van der Waals surface area contributed by atoms with Crippen molar-refractivity contribution in [2.45, 2.75) is 38.4 Å². The molecule has 2 N–H and O–H groups in total. The van der Waals surface area contributed by atoms with Crippen molar-refractivity contribution in [2.75, 3.05) is 14.2 Å². The van der Waals surface area contributed by atoms with Gasteiger partial charge in [-0.2, -0.15) is 0 Å². The van der Waals surface area contributed by atoms with E-state index in [4.69, 9.17) is 10.5 Å². The van der Waals surface area contributed by atoms with E-state index >= 15 is 0 Å². The Bertz CT molecular complexity index is 403. The minimum Gasteiger partial charge on any atom is -0.497 e. The van der Waals surface area contributed by atoms with Crippen LogP contribution in [0.4, 0.5) is 0 Å². The van der Waals surface area contributed by atoms with Crippen molar-refractivity contribution in [3.05, 3.63) is 29.3 Å². The van der Waals surface area contributed by atoms with E-state index in [1.807, 2.05) is 6.07 Å². The molecule has 1 aliphatic carbocycles. The summed E-state index contributed by atoms with van der Waals surface area (Å²) in [7, 11) is 3.85. The number of ether oxygens (including phenoxy) is 1. The number of hydrogen-bond acceptors (Lipinski definition) is 3. The zero-order valence-corrected chi connectivity index (χ0v) is 11.1. The molecule has 1 aromatic rings. The monoisotopic (exact) mass is 234 g/mol. The van der Waals surface area contributed by atoms with Crippen LogP contribution in [0.1, 0.15) is 31.0 Å². The highest BCUT2D eigenvalue weighted by Gasteiger charge is 2.33. The van der Waals surface area contributed by atoms with Crippen LogP contribution in [-0.4, -0.2) is 31.1 Å². The van der Waals surface area contributed by atoms with E-state index in [9.17, 15) is 0 Å². The molecule has 0 bridgehead atoms.